The van der Waals surface area contributed by atoms with Gasteiger partial charge in [-0.2, -0.15) is 0 Å². The zero-order chi connectivity index (χ0) is 13.5. The van der Waals surface area contributed by atoms with Gasteiger partial charge in [0.2, 0.25) is 0 Å². The van der Waals surface area contributed by atoms with E-state index in [1.807, 2.05) is 30.3 Å². The first-order valence-electron chi connectivity index (χ1n) is 6.73. The predicted octanol–water partition coefficient (Wildman–Crippen LogP) is 1.78. The van der Waals surface area contributed by atoms with Crippen LogP contribution in [-0.4, -0.2) is 36.5 Å². The average molecular weight is 261 g/mol. The van der Waals surface area contributed by atoms with E-state index in [0.29, 0.717) is 12.8 Å². The molecule has 0 atom stereocenters. The molecule has 1 fully saturated rings. The third-order valence-electron chi connectivity index (χ3n) is 3.28. The molecule has 1 aliphatic heterocycles. The van der Waals surface area contributed by atoms with Crippen LogP contribution in [0.1, 0.15) is 24.8 Å². The highest BCUT2D eigenvalue weighted by Gasteiger charge is 2.18. The lowest BCUT2D eigenvalue weighted by Crippen LogP contribution is -2.32. The van der Waals surface area contributed by atoms with Gasteiger partial charge in [-0.3, -0.25) is 9.59 Å². The van der Waals surface area contributed by atoms with Gasteiger partial charge in [0.25, 0.3) is 5.91 Å². The number of hydrogen-bond donors (Lipinski definition) is 0. The zero-order valence-corrected chi connectivity index (χ0v) is 11.0. The summed E-state index contributed by atoms with van der Waals surface area (Å²) in [6.45, 7) is 1.47. The Morgan fingerprint density at radius 2 is 1.79 bits per heavy atom. The van der Waals surface area contributed by atoms with E-state index in [1.165, 1.54) is 0 Å². The first kappa shape index (κ1) is 13.6. The minimum atomic E-state index is -0.309. The Labute approximate surface area is 113 Å². The normalized spacial score (nSPS) is 14.4. The van der Waals surface area contributed by atoms with Crippen molar-refractivity contribution >= 4 is 11.9 Å². The molecule has 2 rings (SSSR count). The molecule has 0 aromatic heterocycles. The molecule has 0 radical (unpaired) electrons. The topological polar surface area (TPSA) is 46.6 Å². The molecule has 1 amide bonds. The molecule has 0 spiro atoms. The van der Waals surface area contributed by atoms with E-state index in [0.717, 1.165) is 31.5 Å². The fraction of sp³-hybridized carbons (Fsp3) is 0.467. The number of aryl methyl sites for hydroxylation is 1. The molecule has 19 heavy (non-hydrogen) atoms. The summed E-state index contributed by atoms with van der Waals surface area (Å²) in [7, 11) is 0. The summed E-state index contributed by atoms with van der Waals surface area (Å²) in [6, 6.07) is 9.77. The van der Waals surface area contributed by atoms with Crippen molar-refractivity contribution in [2.24, 2.45) is 0 Å². The van der Waals surface area contributed by atoms with E-state index in [2.05, 4.69) is 0 Å². The maximum absolute atomic E-state index is 11.7. The Bertz CT molecular complexity index is 424. The lowest BCUT2D eigenvalue weighted by atomic mass is 10.1. The highest BCUT2D eigenvalue weighted by molar-refractivity contribution is 5.80. The van der Waals surface area contributed by atoms with Gasteiger partial charge in [-0.15, -0.1) is 0 Å². The molecule has 0 N–H and O–H groups in total. The van der Waals surface area contributed by atoms with Crippen LogP contribution in [0.2, 0.25) is 0 Å². The van der Waals surface area contributed by atoms with Crippen LogP contribution in [0.3, 0.4) is 0 Å². The van der Waals surface area contributed by atoms with Crippen LogP contribution in [0.4, 0.5) is 0 Å². The lowest BCUT2D eigenvalue weighted by Gasteiger charge is -2.14. The van der Waals surface area contributed by atoms with Gasteiger partial charge in [-0.05, 0) is 24.8 Å². The molecule has 1 aromatic carbocycles. The highest BCUT2D eigenvalue weighted by Crippen LogP contribution is 2.08. The van der Waals surface area contributed by atoms with Crippen LogP contribution in [-0.2, 0) is 20.7 Å². The van der Waals surface area contributed by atoms with E-state index >= 15 is 0 Å². The van der Waals surface area contributed by atoms with Crippen molar-refractivity contribution in [1.82, 2.24) is 4.90 Å². The van der Waals surface area contributed by atoms with Gasteiger partial charge in [-0.25, -0.2) is 0 Å². The van der Waals surface area contributed by atoms with Crippen molar-refractivity contribution < 1.29 is 14.3 Å². The molecular weight excluding hydrogens is 242 g/mol. The highest BCUT2D eigenvalue weighted by atomic mass is 16.5. The molecule has 0 unspecified atom stereocenters. The minimum absolute atomic E-state index is 0.0782. The van der Waals surface area contributed by atoms with Crippen molar-refractivity contribution in [3.63, 3.8) is 0 Å². The van der Waals surface area contributed by atoms with Crippen molar-refractivity contribution in [1.29, 1.82) is 0 Å². The van der Waals surface area contributed by atoms with Crippen molar-refractivity contribution in [3.05, 3.63) is 35.9 Å². The van der Waals surface area contributed by atoms with E-state index in [-0.39, 0.29) is 18.5 Å². The molecule has 0 aliphatic carbocycles. The summed E-state index contributed by atoms with van der Waals surface area (Å²) in [5.74, 6) is -0.387. The van der Waals surface area contributed by atoms with Gasteiger partial charge in [0.15, 0.2) is 6.61 Å². The summed E-state index contributed by atoms with van der Waals surface area (Å²) >= 11 is 0. The monoisotopic (exact) mass is 261 g/mol. The van der Waals surface area contributed by atoms with E-state index in [4.69, 9.17) is 4.74 Å². The Morgan fingerprint density at radius 3 is 2.47 bits per heavy atom. The SMILES string of the molecule is O=C(CCc1ccccc1)OCC(=O)N1CCCC1. The average Bonchev–Trinajstić information content (AvgIpc) is 2.98. The maximum Gasteiger partial charge on any atom is 0.306 e. The number of amides is 1. The summed E-state index contributed by atoms with van der Waals surface area (Å²) in [5, 5.41) is 0. The van der Waals surface area contributed by atoms with Crippen LogP contribution in [0.25, 0.3) is 0 Å². The lowest BCUT2D eigenvalue weighted by molar-refractivity contribution is -0.151. The Morgan fingerprint density at radius 1 is 1.11 bits per heavy atom. The quantitative estimate of drug-likeness (QED) is 0.759. The Hall–Kier alpha value is -1.84. The van der Waals surface area contributed by atoms with Crippen LogP contribution in [0.15, 0.2) is 30.3 Å². The van der Waals surface area contributed by atoms with Gasteiger partial charge in [-0.1, -0.05) is 30.3 Å². The summed E-state index contributed by atoms with van der Waals surface area (Å²) in [5.41, 5.74) is 1.10. The maximum atomic E-state index is 11.7. The third kappa shape index (κ3) is 4.39. The Balaban J connectivity index is 1.65. The molecule has 1 aliphatic rings. The van der Waals surface area contributed by atoms with Gasteiger partial charge >= 0.3 is 5.97 Å². The number of ether oxygens (including phenoxy) is 1. The van der Waals surface area contributed by atoms with Gasteiger partial charge in [0, 0.05) is 19.5 Å². The Kier molecular flexibility index (Phi) is 4.95. The van der Waals surface area contributed by atoms with E-state index in [1.54, 1.807) is 4.90 Å². The number of benzene rings is 1. The first-order chi connectivity index (χ1) is 9.25. The smallest absolute Gasteiger partial charge is 0.306 e. The fourth-order valence-corrected chi connectivity index (χ4v) is 2.16. The third-order valence-corrected chi connectivity index (χ3v) is 3.28. The molecule has 1 saturated heterocycles. The minimum Gasteiger partial charge on any atom is -0.456 e. The number of esters is 1. The molecule has 102 valence electrons. The molecule has 0 saturated carbocycles. The molecule has 1 aromatic rings. The number of nitrogens with zero attached hydrogens (tertiary/aromatic N) is 1. The molecule has 0 bridgehead atoms. The molecule has 4 heteroatoms. The van der Waals surface area contributed by atoms with E-state index < -0.39 is 0 Å². The standard InChI is InChI=1S/C15H19NO3/c17-14(16-10-4-5-11-16)12-19-15(18)9-8-13-6-2-1-3-7-13/h1-3,6-7H,4-5,8-12H2. The second-order valence-corrected chi connectivity index (χ2v) is 4.73. The molecular formula is C15H19NO3. The summed E-state index contributed by atoms with van der Waals surface area (Å²) < 4.78 is 5.01. The van der Waals surface area contributed by atoms with Crippen LogP contribution in [0, 0.1) is 0 Å². The van der Waals surface area contributed by atoms with Gasteiger partial charge < -0.3 is 9.64 Å². The number of likely N-dealkylation sites (tertiary alicyclic amines) is 1. The van der Waals surface area contributed by atoms with Crippen LogP contribution >= 0.6 is 0 Å². The van der Waals surface area contributed by atoms with Crippen molar-refractivity contribution in [3.8, 4) is 0 Å². The zero-order valence-electron chi connectivity index (χ0n) is 11.0. The van der Waals surface area contributed by atoms with Crippen LogP contribution < -0.4 is 0 Å². The number of hydrogen-bond acceptors (Lipinski definition) is 3. The number of carbonyl (C=O) groups is 2. The van der Waals surface area contributed by atoms with E-state index in [9.17, 15) is 9.59 Å². The van der Waals surface area contributed by atoms with Crippen molar-refractivity contribution in [2.45, 2.75) is 25.7 Å². The van der Waals surface area contributed by atoms with Gasteiger partial charge in [0.05, 0.1) is 0 Å². The van der Waals surface area contributed by atoms with Gasteiger partial charge in [0.1, 0.15) is 0 Å². The number of carbonyl (C=O) groups excluding carboxylic acids is 2. The van der Waals surface area contributed by atoms with Crippen molar-refractivity contribution in [2.75, 3.05) is 19.7 Å². The predicted molar refractivity (Wildman–Crippen MR) is 71.5 cm³/mol. The molecule has 4 nitrogen and oxygen atoms in total. The fourth-order valence-electron chi connectivity index (χ4n) is 2.16. The largest absolute Gasteiger partial charge is 0.456 e. The number of rotatable bonds is 5. The first-order valence-corrected chi connectivity index (χ1v) is 6.73. The second-order valence-electron chi connectivity index (χ2n) is 4.73. The summed E-state index contributed by atoms with van der Waals surface area (Å²) in [6.07, 6.45) is 3.07. The van der Waals surface area contributed by atoms with Crippen LogP contribution in [0.5, 0.6) is 0 Å². The summed E-state index contributed by atoms with van der Waals surface area (Å²) in [4.78, 5) is 25.0. The second kappa shape index (κ2) is 6.92. The molecule has 1 heterocycles.